The highest BCUT2D eigenvalue weighted by atomic mass is 16.3. The van der Waals surface area contributed by atoms with E-state index >= 15 is 0 Å². The number of nitroso groups, excluding NO2 is 1. The van der Waals surface area contributed by atoms with Gasteiger partial charge in [0.1, 0.15) is 5.54 Å². The van der Waals surface area contributed by atoms with Crippen molar-refractivity contribution in [3.05, 3.63) is 17.6 Å². The summed E-state index contributed by atoms with van der Waals surface area (Å²) in [6.45, 7) is 14.9. The van der Waals surface area contributed by atoms with Crippen LogP contribution in [0.4, 0.5) is 0 Å². The summed E-state index contributed by atoms with van der Waals surface area (Å²) >= 11 is 0. The monoisotopic (exact) mass is 309 g/mol. The zero-order valence-corrected chi connectivity index (χ0v) is 15.7. The summed E-state index contributed by atoms with van der Waals surface area (Å²) < 4.78 is 0. The summed E-state index contributed by atoms with van der Waals surface area (Å²) in [4.78, 5) is 10.8. The largest absolute Gasteiger partial charge is 0.150 e. The van der Waals surface area contributed by atoms with Crippen LogP contribution in [0.3, 0.4) is 0 Å². The molecule has 1 unspecified atom stereocenters. The molecule has 0 heterocycles. The Morgan fingerprint density at radius 2 is 1.36 bits per heavy atom. The molecule has 0 aliphatic rings. The fraction of sp³-hybridized carbons (Fsp3) is 0.900. The van der Waals surface area contributed by atoms with Gasteiger partial charge in [-0.3, -0.25) is 0 Å². The van der Waals surface area contributed by atoms with Crippen molar-refractivity contribution in [3.63, 3.8) is 0 Å². The second-order valence-electron chi connectivity index (χ2n) is 8.01. The molecule has 0 saturated heterocycles. The molecule has 0 aromatic rings. The fourth-order valence-corrected chi connectivity index (χ4v) is 2.97. The third-order valence-corrected chi connectivity index (χ3v) is 4.90. The van der Waals surface area contributed by atoms with Crippen LogP contribution in [0.15, 0.2) is 17.8 Å². The van der Waals surface area contributed by atoms with E-state index in [0.29, 0.717) is 0 Å². The van der Waals surface area contributed by atoms with Gasteiger partial charge >= 0.3 is 0 Å². The maximum Gasteiger partial charge on any atom is 0.118 e. The summed E-state index contributed by atoms with van der Waals surface area (Å²) in [6.07, 6.45) is 12.9. The molecule has 0 aliphatic heterocycles. The zero-order chi connectivity index (χ0) is 17.0. The van der Waals surface area contributed by atoms with E-state index in [1.54, 1.807) is 6.08 Å². The first-order valence-electron chi connectivity index (χ1n) is 9.31. The van der Waals surface area contributed by atoms with Crippen LogP contribution >= 0.6 is 0 Å². The third-order valence-electron chi connectivity index (χ3n) is 4.90. The lowest BCUT2D eigenvalue weighted by atomic mass is 9.89. The highest BCUT2D eigenvalue weighted by Gasteiger charge is 2.20. The van der Waals surface area contributed by atoms with Crippen molar-refractivity contribution in [2.45, 2.75) is 97.9 Å². The lowest BCUT2D eigenvalue weighted by Gasteiger charge is -2.18. The van der Waals surface area contributed by atoms with Crippen molar-refractivity contribution in [2.75, 3.05) is 0 Å². The minimum atomic E-state index is -0.565. The Morgan fingerprint density at radius 1 is 0.909 bits per heavy atom. The van der Waals surface area contributed by atoms with Crippen molar-refractivity contribution < 1.29 is 0 Å². The number of rotatable bonds is 14. The van der Waals surface area contributed by atoms with Crippen LogP contribution in [0, 0.1) is 22.7 Å². The van der Waals surface area contributed by atoms with E-state index in [9.17, 15) is 4.91 Å². The molecule has 0 N–H and O–H groups in total. The Balaban J connectivity index is 3.66. The molecule has 0 bridgehead atoms. The Bertz CT molecular complexity index is 290. The lowest BCUT2D eigenvalue weighted by molar-refractivity contribution is 0.378. The topological polar surface area (TPSA) is 29.4 Å². The van der Waals surface area contributed by atoms with Gasteiger partial charge in [-0.15, -0.1) is 11.5 Å². The van der Waals surface area contributed by atoms with E-state index in [-0.39, 0.29) is 0 Å². The molecular formula is C20H39NO. The van der Waals surface area contributed by atoms with Crippen LogP contribution in [0.2, 0.25) is 0 Å². The van der Waals surface area contributed by atoms with Gasteiger partial charge < -0.3 is 0 Å². The molecule has 0 aliphatic carbocycles. The molecule has 0 fully saturated rings. The van der Waals surface area contributed by atoms with Crippen LogP contribution in [0.25, 0.3) is 0 Å². The molecule has 0 saturated carbocycles. The van der Waals surface area contributed by atoms with E-state index < -0.39 is 5.54 Å². The summed E-state index contributed by atoms with van der Waals surface area (Å²) in [5.41, 5.74) is -0.565. The van der Waals surface area contributed by atoms with Crippen LogP contribution in [0.1, 0.15) is 92.4 Å². The smallest absolute Gasteiger partial charge is 0.118 e. The average Bonchev–Trinajstić information content (AvgIpc) is 2.46. The van der Waals surface area contributed by atoms with Gasteiger partial charge in [-0.25, -0.2) is 0 Å². The molecular weight excluding hydrogens is 270 g/mol. The van der Waals surface area contributed by atoms with Gasteiger partial charge in [0.05, 0.1) is 0 Å². The van der Waals surface area contributed by atoms with Crippen LogP contribution in [-0.2, 0) is 0 Å². The minimum Gasteiger partial charge on any atom is -0.150 e. The number of nitrogens with zero attached hydrogens (tertiary/aromatic N) is 1. The summed E-state index contributed by atoms with van der Waals surface area (Å²) in [7, 11) is 0. The Morgan fingerprint density at radius 3 is 1.77 bits per heavy atom. The van der Waals surface area contributed by atoms with Gasteiger partial charge in [0, 0.05) is 0 Å². The SMILES string of the molecule is C=CC(C)(CCC[C@H](C)CCC[C@H](C)CCCC(C)C)N=O. The standard InChI is InChI=1S/C20H39NO/c1-7-20(6,21-22)16-10-15-19(5)14-9-13-18(4)12-8-11-17(2)3/h7,17-19H,1,8-16H2,2-6H3/t18-,19-,20?/m1/s1. The van der Waals surface area contributed by atoms with Crippen LogP contribution in [0.5, 0.6) is 0 Å². The fourth-order valence-electron chi connectivity index (χ4n) is 2.97. The van der Waals surface area contributed by atoms with Crippen molar-refractivity contribution in [1.82, 2.24) is 0 Å². The molecule has 0 amide bonds. The molecule has 0 aromatic carbocycles. The maximum atomic E-state index is 10.8. The van der Waals surface area contributed by atoms with Gasteiger partial charge in [-0.2, -0.15) is 0 Å². The minimum absolute atomic E-state index is 0.565. The van der Waals surface area contributed by atoms with Gasteiger partial charge in [-0.05, 0) is 31.1 Å². The first kappa shape index (κ1) is 21.3. The van der Waals surface area contributed by atoms with E-state index in [2.05, 4.69) is 39.5 Å². The first-order chi connectivity index (χ1) is 10.3. The predicted molar refractivity (Wildman–Crippen MR) is 99.1 cm³/mol. The molecule has 130 valence electrons. The molecule has 0 spiro atoms. The average molecular weight is 310 g/mol. The van der Waals surface area contributed by atoms with E-state index in [1.165, 1.54) is 44.9 Å². The predicted octanol–water partition coefficient (Wildman–Crippen LogP) is 7.14. The number of hydrogen-bond acceptors (Lipinski definition) is 2. The van der Waals surface area contributed by atoms with Crippen molar-refractivity contribution in [1.29, 1.82) is 0 Å². The highest BCUT2D eigenvalue weighted by molar-refractivity contribution is 4.98. The van der Waals surface area contributed by atoms with Gasteiger partial charge in [0.2, 0.25) is 0 Å². The first-order valence-corrected chi connectivity index (χ1v) is 9.31. The molecule has 2 nitrogen and oxygen atoms in total. The van der Waals surface area contributed by atoms with Crippen LogP contribution < -0.4 is 0 Å². The van der Waals surface area contributed by atoms with Crippen molar-refractivity contribution in [3.8, 4) is 0 Å². The van der Waals surface area contributed by atoms with Crippen LogP contribution in [-0.4, -0.2) is 5.54 Å². The molecule has 3 atom stereocenters. The second-order valence-corrected chi connectivity index (χ2v) is 8.01. The lowest BCUT2D eigenvalue weighted by Crippen LogP contribution is -2.17. The summed E-state index contributed by atoms with van der Waals surface area (Å²) in [5, 5.41) is 3.19. The van der Waals surface area contributed by atoms with Gasteiger partial charge in [0.15, 0.2) is 0 Å². The van der Waals surface area contributed by atoms with Gasteiger partial charge in [-0.1, -0.05) is 90.3 Å². The van der Waals surface area contributed by atoms with Crippen molar-refractivity contribution >= 4 is 0 Å². The van der Waals surface area contributed by atoms with Gasteiger partial charge in [0.25, 0.3) is 0 Å². The molecule has 2 heteroatoms. The van der Waals surface area contributed by atoms with E-state index in [4.69, 9.17) is 0 Å². The highest BCUT2D eigenvalue weighted by Crippen LogP contribution is 2.24. The Labute approximate surface area is 139 Å². The van der Waals surface area contributed by atoms with E-state index in [0.717, 1.165) is 30.6 Å². The molecule has 0 radical (unpaired) electrons. The zero-order valence-electron chi connectivity index (χ0n) is 15.7. The quantitative estimate of drug-likeness (QED) is 0.248. The van der Waals surface area contributed by atoms with E-state index in [1.807, 2.05) is 6.92 Å². The number of hydrogen-bond donors (Lipinski definition) is 0. The molecule has 22 heavy (non-hydrogen) atoms. The maximum absolute atomic E-state index is 10.8. The summed E-state index contributed by atoms with van der Waals surface area (Å²) in [5.74, 6) is 2.46. The molecule has 0 rings (SSSR count). The normalized spacial score (nSPS) is 17.0. The summed E-state index contributed by atoms with van der Waals surface area (Å²) in [6, 6.07) is 0. The Hall–Kier alpha value is -0.660. The van der Waals surface area contributed by atoms with Crippen molar-refractivity contribution in [2.24, 2.45) is 22.9 Å². The second kappa shape index (κ2) is 11.8. The molecule has 0 aromatic heterocycles. The third kappa shape index (κ3) is 11.0. The Kier molecular flexibility index (Phi) is 11.5.